The first kappa shape index (κ1) is 15.7. The Balaban J connectivity index is 2.04. The van der Waals surface area contributed by atoms with Gasteiger partial charge in [0.1, 0.15) is 11.4 Å². The molecule has 2 aromatic rings. The number of carbonyl (C=O) groups excluding carboxylic acids is 1. The van der Waals surface area contributed by atoms with E-state index in [1.165, 1.54) is 12.1 Å². The molecule has 0 saturated carbocycles. The molecule has 7 nitrogen and oxygen atoms in total. The number of carbonyl (C=O) groups is 1. The first-order valence-corrected chi connectivity index (χ1v) is 6.76. The molecule has 0 bridgehead atoms. The van der Waals surface area contributed by atoms with Gasteiger partial charge in [0.25, 0.3) is 5.69 Å². The highest BCUT2D eigenvalue weighted by molar-refractivity contribution is 5.96. The fourth-order valence-corrected chi connectivity index (χ4v) is 1.96. The summed E-state index contributed by atoms with van der Waals surface area (Å²) in [4.78, 5) is 24.5. The van der Waals surface area contributed by atoms with Gasteiger partial charge in [0.15, 0.2) is 0 Å². The summed E-state index contributed by atoms with van der Waals surface area (Å²) < 4.78 is 5.24. The number of amides is 1. The molecule has 1 atom stereocenters. The van der Waals surface area contributed by atoms with Crippen molar-refractivity contribution in [2.75, 3.05) is 12.4 Å². The van der Waals surface area contributed by atoms with Crippen molar-refractivity contribution in [3.63, 3.8) is 0 Å². The van der Waals surface area contributed by atoms with E-state index in [0.717, 1.165) is 5.76 Å². The second-order valence-corrected chi connectivity index (χ2v) is 4.93. The van der Waals surface area contributed by atoms with Gasteiger partial charge in [-0.1, -0.05) is 12.1 Å². The van der Waals surface area contributed by atoms with Crippen LogP contribution in [0.15, 0.2) is 47.1 Å². The SMILES string of the molecule is CC(C(=O)Nc1ccccc1[N+](=O)[O-])N(C)Cc1ccco1. The minimum Gasteiger partial charge on any atom is -0.468 e. The zero-order valence-corrected chi connectivity index (χ0v) is 12.4. The van der Waals surface area contributed by atoms with Crippen molar-refractivity contribution >= 4 is 17.3 Å². The number of nitro benzene ring substituents is 1. The Labute approximate surface area is 127 Å². The molecular weight excluding hydrogens is 286 g/mol. The predicted octanol–water partition coefficient (Wildman–Crippen LogP) is 2.65. The molecule has 1 amide bonds. The van der Waals surface area contributed by atoms with Crippen molar-refractivity contribution in [2.45, 2.75) is 19.5 Å². The molecule has 0 fully saturated rings. The number of anilines is 1. The Morgan fingerprint density at radius 3 is 2.73 bits per heavy atom. The second-order valence-electron chi connectivity index (χ2n) is 4.93. The van der Waals surface area contributed by atoms with E-state index in [0.29, 0.717) is 6.54 Å². The smallest absolute Gasteiger partial charge is 0.292 e. The summed E-state index contributed by atoms with van der Waals surface area (Å²) in [6.07, 6.45) is 1.57. The van der Waals surface area contributed by atoms with E-state index in [-0.39, 0.29) is 17.3 Å². The van der Waals surface area contributed by atoms with Gasteiger partial charge in [0.2, 0.25) is 5.91 Å². The largest absolute Gasteiger partial charge is 0.468 e. The Morgan fingerprint density at radius 2 is 2.09 bits per heavy atom. The fraction of sp³-hybridized carbons (Fsp3) is 0.267. The number of hydrogen-bond acceptors (Lipinski definition) is 5. The van der Waals surface area contributed by atoms with Crippen LogP contribution >= 0.6 is 0 Å². The maximum absolute atomic E-state index is 12.3. The number of nitrogens with one attached hydrogen (secondary N) is 1. The van der Waals surface area contributed by atoms with Gasteiger partial charge >= 0.3 is 0 Å². The Morgan fingerprint density at radius 1 is 1.36 bits per heavy atom. The van der Waals surface area contributed by atoms with E-state index < -0.39 is 11.0 Å². The van der Waals surface area contributed by atoms with Gasteiger partial charge in [-0.25, -0.2) is 0 Å². The zero-order valence-electron chi connectivity index (χ0n) is 12.4. The molecule has 22 heavy (non-hydrogen) atoms. The van der Waals surface area contributed by atoms with E-state index in [1.54, 1.807) is 43.3 Å². The third kappa shape index (κ3) is 3.70. The Bertz CT molecular complexity index is 655. The van der Waals surface area contributed by atoms with E-state index in [4.69, 9.17) is 4.42 Å². The molecule has 1 aromatic heterocycles. The molecule has 1 unspecified atom stereocenters. The molecule has 2 rings (SSSR count). The van der Waals surface area contributed by atoms with E-state index in [2.05, 4.69) is 5.32 Å². The van der Waals surface area contributed by atoms with Gasteiger partial charge in [0.05, 0.1) is 23.8 Å². The minimum absolute atomic E-state index is 0.128. The number of nitrogens with zero attached hydrogens (tertiary/aromatic N) is 2. The molecule has 7 heteroatoms. The quantitative estimate of drug-likeness (QED) is 0.654. The summed E-state index contributed by atoms with van der Waals surface area (Å²) in [5.74, 6) is 0.427. The van der Waals surface area contributed by atoms with Crippen LogP contribution in [0.2, 0.25) is 0 Å². The van der Waals surface area contributed by atoms with Crippen LogP contribution in [0.1, 0.15) is 12.7 Å². The van der Waals surface area contributed by atoms with Crippen LogP contribution in [0, 0.1) is 10.1 Å². The lowest BCUT2D eigenvalue weighted by molar-refractivity contribution is -0.383. The van der Waals surface area contributed by atoms with Crippen molar-refractivity contribution in [2.24, 2.45) is 0 Å². The molecule has 1 heterocycles. The standard InChI is InChI=1S/C15H17N3O4/c1-11(17(2)10-12-6-5-9-22-12)15(19)16-13-7-3-4-8-14(13)18(20)21/h3-9,11H,10H2,1-2H3,(H,16,19). The van der Waals surface area contributed by atoms with Crippen molar-refractivity contribution < 1.29 is 14.1 Å². The van der Waals surface area contributed by atoms with Crippen LogP contribution in [0.5, 0.6) is 0 Å². The van der Waals surface area contributed by atoms with Crippen LogP contribution in [0.25, 0.3) is 0 Å². The number of furan rings is 1. The second kappa shape index (κ2) is 6.86. The molecule has 1 aromatic carbocycles. The van der Waals surface area contributed by atoms with E-state index in [1.807, 2.05) is 6.07 Å². The van der Waals surface area contributed by atoms with Gasteiger partial charge in [-0.15, -0.1) is 0 Å². The third-order valence-electron chi connectivity index (χ3n) is 3.38. The predicted molar refractivity (Wildman–Crippen MR) is 81.4 cm³/mol. The molecule has 0 aliphatic rings. The van der Waals surface area contributed by atoms with Crippen LogP contribution in [-0.4, -0.2) is 28.8 Å². The maximum atomic E-state index is 12.3. The molecular formula is C15H17N3O4. The van der Waals surface area contributed by atoms with Crippen LogP contribution in [0.4, 0.5) is 11.4 Å². The first-order chi connectivity index (χ1) is 10.5. The average molecular weight is 303 g/mol. The molecule has 0 spiro atoms. The summed E-state index contributed by atoms with van der Waals surface area (Å²) in [6.45, 7) is 2.20. The molecule has 1 N–H and O–H groups in total. The van der Waals surface area contributed by atoms with E-state index in [9.17, 15) is 14.9 Å². The monoisotopic (exact) mass is 303 g/mol. The summed E-state index contributed by atoms with van der Waals surface area (Å²) in [5, 5.41) is 13.5. The summed E-state index contributed by atoms with van der Waals surface area (Å²) in [6, 6.07) is 9.19. The highest BCUT2D eigenvalue weighted by atomic mass is 16.6. The lowest BCUT2D eigenvalue weighted by Gasteiger charge is -2.22. The van der Waals surface area contributed by atoms with Crippen molar-refractivity contribution in [3.05, 3.63) is 58.5 Å². The Kier molecular flexibility index (Phi) is 4.90. The first-order valence-electron chi connectivity index (χ1n) is 6.76. The van der Waals surface area contributed by atoms with Gasteiger partial charge in [0, 0.05) is 6.07 Å². The Hall–Kier alpha value is -2.67. The lowest BCUT2D eigenvalue weighted by atomic mass is 10.2. The topological polar surface area (TPSA) is 88.6 Å². The van der Waals surface area contributed by atoms with Crippen molar-refractivity contribution in [1.29, 1.82) is 0 Å². The zero-order chi connectivity index (χ0) is 16.1. The fourth-order valence-electron chi connectivity index (χ4n) is 1.96. The maximum Gasteiger partial charge on any atom is 0.292 e. The summed E-state index contributed by atoms with van der Waals surface area (Å²) >= 11 is 0. The number of likely N-dealkylation sites (N-methyl/N-ethyl adjacent to an activating group) is 1. The number of rotatable bonds is 6. The van der Waals surface area contributed by atoms with Crippen LogP contribution in [0.3, 0.4) is 0 Å². The van der Waals surface area contributed by atoms with Gasteiger partial charge in [-0.3, -0.25) is 19.8 Å². The van der Waals surface area contributed by atoms with Gasteiger partial charge in [-0.2, -0.15) is 0 Å². The third-order valence-corrected chi connectivity index (χ3v) is 3.38. The van der Waals surface area contributed by atoms with E-state index >= 15 is 0 Å². The van der Waals surface area contributed by atoms with Crippen molar-refractivity contribution in [1.82, 2.24) is 4.90 Å². The minimum atomic E-state index is -0.521. The van der Waals surface area contributed by atoms with Crippen LogP contribution < -0.4 is 5.32 Å². The van der Waals surface area contributed by atoms with Gasteiger partial charge in [-0.05, 0) is 32.2 Å². The molecule has 0 aliphatic carbocycles. The normalized spacial score (nSPS) is 12.1. The lowest BCUT2D eigenvalue weighted by Crippen LogP contribution is -2.39. The number of nitro groups is 1. The number of hydrogen-bond donors (Lipinski definition) is 1. The summed E-state index contributed by atoms with van der Waals surface area (Å²) in [5.41, 5.74) is 0.0625. The molecule has 116 valence electrons. The molecule has 0 radical (unpaired) electrons. The van der Waals surface area contributed by atoms with Gasteiger partial charge < -0.3 is 9.73 Å². The summed E-state index contributed by atoms with van der Waals surface area (Å²) in [7, 11) is 1.78. The highest BCUT2D eigenvalue weighted by Gasteiger charge is 2.22. The van der Waals surface area contributed by atoms with Crippen molar-refractivity contribution in [3.8, 4) is 0 Å². The number of benzene rings is 1. The number of para-hydroxylation sites is 2. The highest BCUT2D eigenvalue weighted by Crippen LogP contribution is 2.23. The average Bonchev–Trinajstić information content (AvgIpc) is 2.99. The van der Waals surface area contributed by atoms with Crippen LogP contribution in [-0.2, 0) is 11.3 Å². The molecule has 0 saturated heterocycles. The molecule has 0 aliphatic heterocycles.